The summed E-state index contributed by atoms with van der Waals surface area (Å²) in [7, 11) is 0. The number of nitrogens with zero attached hydrogens (tertiary/aromatic N) is 4. The Morgan fingerprint density at radius 2 is 1.50 bits per heavy atom. The molecule has 2 aromatic heterocycles. The van der Waals surface area contributed by atoms with E-state index in [1.807, 2.05) is 37.6 Å². The normalized spacial score (nSPS) is 13.2. The molecule has 0 radical (unpaired) electrons. The van der Waals surface area contributed by atoms with Gasteiger partial charge in [-0.2, -0.15) is 0 Å². The Hall–Kier alpha value is -2.85. The predicted molar refractivity (Wildman–Crippen MR) is 116 cm³/mol. The first-order chi connectivity index (χ1) is 15.0. The topological polar surface area (TPSA) is 54.1 Å². The molecule has 0 spiro atoms. The van der Waals surface area contributed by atoms with Crippen LogP contribution in [0.4, 0.5) is 0 Å². The van der Waals surface area contributed by atoms with Gasteiger partial charge in [-0.05, 0) is 20.3 Å². The molecule has 6 nitrogen and oxygen atoms in total. The molecule has 0 saturated carbocycles. The minimum Gasteiger partial charge on any atom is -0.519 e. The molecule has 2 aromatic carbocycles. The first-order valence-electron chi connectivity index (χ1n) is 10.5. The van der Waals surface area contributed by atoms with E-state index in [1.54, 1.807) is 0 Å². The Bertz CT molecular complexity index is 1270. The summed E-state index contributed by atoms with van der Waals surface area (Å²) in [4.78, 5) is 9.38. The van der Waals surface area contributed by atoms with Crippen LogP contribution in [0, 0.1) is 39.8 Å². The Balaban J connectivity index is 0.00000216. The minimum absolute atomic E-state index is 0. The summed E-state index contributed by atoms with van der Waals surface area (Å²) in [6.07, 6.45) is 5.06. The first-order valence-corrected chi connectivity index (χ1v) is 10.5. The number of benzene rings is 2. The molecule has 32 heavy (non-hydrogen) atoms. The summed E-state index contributed by atoms with van der Waals surface area (Å²) in [6.45, 7) is 9.56. The quantitative estimate of drug-likeness (QED) is 0.304. The van der Waals surface area contributed by atoms with Crippen LogP contribution in [-0.2, 0) is 40.8 Å². The van der Waals surface area contributed by atoms with Gasteiger partial charge in [-0.3, -0.25) is 9.97 Å². The van der Waals surface area contributed by atoms with Gasteiger partial charge in [0.05, 0.1) is 11.6 Å². The summed E-state index contributed by atoms with van der Waals surface area (Å²) >= 11 is 0. The van der Waals surface area contributed by atoms with Crippen molar-refractivity contribution in [3.8, 4) is 40.0 Å². The Labute approximate surface area is 201 Å². The maximum atomic E-state index is 6.28. The second kappa shape index (κ2) is 7.63. The van der Waals surface area contributed by atoms with E-state index in [0.29, 0.717) is 18.2 Å². The van der Waals surface area contributed by atoms with Gasteiger partial charge in [0.2, 0.25) is 0 Å². The molecule has 0 unspecified atom stereocenters. The van der Waals surface area contributed by atoms with Gasteiger partial charge in [0.25, 0.3) is 0 Å². The fourth-order valence-electron chi connectivity index (χ4n) is 4.60. The smallest absolute Gasteiger partial charge is 0.519 e. The first kappa shape index (κ1) is 21.0. The summed E-state index contributed by atoms with van der Waals surface area (Å²) < 4.78 is 16.4. The molecule has 0 atom stereocenters. The molecule has 0 N–H and O–H groups in total. The molecule has 164 valence electrons. The zero-order valence-corrected chi connectivity index (χ0v) is 20.6. The Kier molecular flexibility index (Phi) is 5.01. The van der Waals surface area contributed by atoms with Crippen molar-refractivity contribution in [2.45, 2.75) is 47.4 Å². The Morgan fingerprint density at radius 3 is 2.25 bits per heavy atom. The summed E-state index contributed by atoms with van der Waals surface area (Å²) in [5, 5.41) is 0. The number of rotatable bonds is 2. The number of hydrogen-bond acceptors (Lipinski definition) is 4. The fraction of sp³-hybridized carbons (Fsp3) is 0.280. The second-order valence-electron chi connectivity index (χ2n) is 8.39. The van der Waals surface area contributed by atoms with Crippen LogP contribution >= 0.6 is 0 Å². The van der Waals surface area contributed by atoms with Crippen molar-refractivity contribution in [2.24, 2.45) is 0 Å². The van der Waals surface area contributed by atoms with E-state index in [2.05, 4.69) is 40.9 Å². The molecule has 4 heterocycles. The van der Waals surface area contributed by atoms with E-state index in [9.17, 15) is 0 Å². The number of fused-ring (bicyclic) bond motifs is 6. The molecule has 2 aliphatic rings. The van der Waals surface area contributed by atoms with Crippen molar-refractivity contribution < 1.29 is 30.5 Å². The SMILES string of the molecule is Cc1cn2c(n1)-c1[c-]c(Oc3[c-]c4c(c(C)c3)OCn3cc(C)nc3-4)cc(C)c1CC2.[Pt+2]. The van der Waals surface area contributed by atoms with Gasteiger partial charge in [-0.25, -0.2) is 0 Å². The third-order valence-corrected chi connectivity index (χ3v) is 5.97. The number of aromatic nitrogens is 4. The van der Waals surface area contributed by atoms with Crippen LogP contribution in [0.3, 0.4) is 0 Å². The van der Waals surface area contributed by atoms with Gasteiger partial charge in [-0.15, -0.1) is 16.7 Å². The molecular formula is C25H22N4O2Pt. The van der Waals surface area contributed by atoms with Crippen LogP contribution in [-0.4, -0.2) is 19.1 Å². The van der Waals surface area contributed by atoms with Gasteiger partial charge in [0.1, 0.15) is 6.73 Å². The summed E-state index contributed by atoms with van der Waals surface area (Å²) in [6, 6.07) is 10.9. The van der Waals surface area contributed by atoms with Gasteiger partial charge in [0.15, 0.2) is 0 Å². The van der Waals surface area contributed by atoms with Crippen LogP contribution in [0.25, 0.3) is 22.8 Å². The molecule has 7 heteroatoms. The van der Waals surface area contributed by atoms with Gasteiger partial charge < -0.3 is 18.6 Å². The largest absolute Gasteiger partial charge is 2.00 e. The van der Waals surface area contributed by atoms with E-state index in [0.717, 1.165) is 58.4 Å². The van der Waals surface area contributed by atoms with Gasteiger partial charge in [0, 0.05) is 47.6 Å². The third-order valence-electron chi connectivity index (χ3n) is 5.97. The van der Waals surface area contributed by atoms with Crippen molar-refractivity contribution >= 4 is 0 Å². The molecular weight excluding hydrogens is 583 g/mol. The molecule has 4 aromatic rings. The molecule has 0 amide bonds. The van der Waals surface area contributed by atoms with Crippen LogP contribution in [0.2, 0.25) is 0 Å². The number of aryl methyl sites for hydroxylation is 5. The fourth-order valence-corrected chi connectivity index (χ4v) is 4.60. The van der Waals surface area contributed by atoms with E-state index in [4.69, 9.17) is 14.5 Å². The molecule has 2 aliphatic heterocycles. The number of imidazole rings is 2. The van der Waals surface area contributed by atoms with E-state index in [1.165, 1.54) is 11.1 Å². The standard InChI is InChI=1S/C25H22N4O2.Pt/c1-14-7-18(9-21-20(14)5-6-28-11-16(3)26-24(21)28)31-19-8-15(2)23-22(10-19)25-27-17(4)12-29(25)13-30-23;/h7-8,11-12H,5-6,13H2,1-4H3;/q-2;+2. The Morgan fingerprint density at radius 1 is 0.875 bits per heavy atom. The third kappa shape index (κ3) is 3.29. The molecule has 0 bridgehead atoms. The average Bonchev–Trinajstić information content (AvgIpc) is 3.29. The zero-order valence-electron chi connectivity index (χ0n) is 18.4. The summed E-state index contributed by atoms with van der Waals surface area (Å²) in [5.74, 6) is 3.92. The van der Waals surface area contributed by atoms with Crippen LogP contribution in [0.5, 0.6) is 17.2 Å². The predicted octanol–water partition coefficient (Wildman–Crippen LogP) is 4.94. The zero-order chi connectivity index (χ0) is 21.3. The van der Waals surface area contributed by atoms with Crippen molar-refractivity contribution in [1.82, 2.24) is 19.1 Å². The van der Waals surface area contributed by atoms with Crippen molar-refractivity contribution in [3.63, 3.8) is 0 Å². The molecule has 0 saturated heterocycles. The van der Waals surface area contributed by atoms with E-state index >= 15 is 0 Å². The van der Waals surface area contributed by atoms with Crippen molar-refractivity contribution in [1.29, 1.82) is 0 Å². The monoisotopic (exact) mass is 605 g/mol. The molecule has 0 fully saturated rings. The van der Waals surface area contributed by atoms with Gasteiger partial charge >= 0.3 is 21.1 Å². The minimum atomic E-state index is 0. The van der Waals surface area contributed by atoms with Crippen LogP contribution in [0.1, 0.15) is 28.1 Å². The summed E-state index contributed by atoms with van der Waals surface area (Å²) in [5.41, 5.74) is 7.31. The average molecular weight is 606 g/mol. The number of hydrogen-bond donors (Lipinski definition) is 0. The van der Waals surface area contributed by atoms with E-state index in [-0.39, 0.29) is 21.1 Å². The molecule has 0 aliphatic carbocycles. The second-order valence-corrected chi connectivity index (χ2v) is 8.39. The van der Waals surface area contributed by atoms with Gasteiger partial charge in [-0.1, -0.05) is 49.2 Å². The number of ether oxygens (including phenoxy) is 2. The van der Waals surface area contributed by atoms with Crippen LogP contribution in [0.15, 0.2) is 24.5 Å². The van der Waals surface area contributed by atoms with Crippen molar-refractivity contribution in [3.05, 3.63) is 64.7 Å². The van der Waals surface area contributed by atoms with Crippen molar-refractivity contribution in [2.75, 3.05) is 0 Å². The molecule has 6 rings (SSSR count). The maximum absolute atomic E-state index is 6.28. The maximum Gasteiger partial charge on any atom is 2.00 e. The van der Waals surface area contributed by atoms with Crippen LogP contribution < -0.4 is 9.47 Å². The van der Waals surface area contributed by atoms with E-state index < -0.39 is 0 Å².